The normalized spacial score (nSPS) is 22.9. The number of aromatic nitrogens is 1. The quantitative estimate of drug-likeness (QED) is 0.831. The maximum absolute atomic E-state index is 11.9. The fourth-order valence-corrected chi connectivity index (χ4v) is 3.66. The van der Waals surface area contributed by atoms with Crippen LogP contribution in [0, 0.1) is 0 Å². The molecule has 0 spiro atoms. The first-order chi connectivity index (χ1) is 9.69. The summed E-state index contributed by atoms with van der Waals surface area (Å²) in [5.41, 5.74) is 0.920. The topological polar surface area (TPSA) is 45.7 Å². The monoisotopic (exact) mass is 293 g/mol. The van der Waals surface area contributed by atoms with E-state index in [2.05, 4.69) is 16.0 Å². The first-order valence-electron chi connectivity index (χ1n) is 6.86. The first kappa shape index (κ1) is 13.7. The molecular weight excluding hydrogens is 274 g/mol. The summed E-state index contributed by atoms with van der Waals surface area (Å²) in [4.78, 5) is 21.5. The van der Waals surface area contributed by atoms with Gasteiger partial charge in [0, 0.05) is 44.3 Å². The average Bonchev–Trinajstić information content (AvgIpc) is 2.90. The van der Waals surface area contributed by atoms with Gasteiger partial charge in [0.25, 0.3) is 0 Å². The minimum atomic E-state index is 0.159. The van der Waals surface area contributed by atoms with Crippen molar-refractivity contribution >= 4 is 29.2 Å². The molecule has 0 aliphatic carbocycles. The third-order valence-electron chi connectivity index (χ3n) is 3.94. The Bertz CT molecular complexity index is 523. The molecule has 5 nitrogen and oxygen atoms in total. The fourth-order valence-electron chi connectivity index (χ4n) is 2.64. The zero-order valence-corrected chi connectivity index (χ0v) is 12.7. The van der Waals surface area contributed by atoms with Crippen molar-refractivity contribution in [2.24, 2.45) is 0 Å². The number of anilines is 2. The Morgan fingerprint density at radius 3 is 3.10 bits per heavy atom. The van der Waals surface area contributed by atoms with Crippen molar-refractivity contribution in [1.29, 1.82) is 0 Å². The maximum atomic E-state index is 11.9. The molecule has 20 heavy (non-hydrogen) atoms. The number of ether oxygens (including phenoxy) is 1. The van der Waals surface area contributed by atoms with Crippen LogP contribution in [0.3, 0.4) is 0 Å². The maximum Gasteiger partial charge on any atom is 0.227 e. The van der Waals surface area contributed by atoms with Gasteiger partial charge in [0.1, 0.15) is 5.82 Å². The number of fused-ring (bicyclic) bond motifs is 1. The van der Waals surface area contributed by atoms with Gasteiger partial charge in [-0.25, -0.2) is 4.98 Å². The van der Waals surface area contributed by atoms with Crippen LogP contribution in [0.5, 0.6) is 0 Å². The summed E-state index contributed by atoms with van der Waals surface area (Å²) in [7, 11) is 3.58. The van der Waals surface area contributed by atoms with E-state index in [0.717, 1.165) is 41.7 Å². The van der Waals surface area contributed by atoms with Gasteiger partial charge in [0.2, 0.25) is 5.91 Å². The van der Waals surface area contributed by atoms with Crippen molar-refractivity contribution in [1.82, 2.24) is 4.98 Å². The average molecular weight is 293 g/mol. The van der Waals surface area contributed by atoms with Gasteiger partial charge in [0.15, 0.2) is 0 Å². The molecule has 2 aliphatic rings. The molecule has 0 N–H and O–H groups in total. The largest absolute Gasteiger partial charge is 0.380 e. The van der Waals surface area contributed by atoms with Crippen LogP contribution in [0.2, 0.25) is 0 Å². The lowest BCUT2D eigenvalue weighted by Gasteiger charge is -2.21. The van der Waals surface area contributed by atoms with Crippen LogP contribution in [0.15, 0.2) is 17.2 Å². The predicted octanol–water partition coefficient (Wildman–Crippen LogP) is 1.77. The van der Waals surface area contributed by atoms with Crippen molar-refractivity contribution in [3.05, 3.63) is 12.3 Å². The lowest BCUT2D eigenvalue weighted by molar-refractivity contribution is -0.117. The highest BCUT2D eigenvalue weighted by atomic mass is 32.2. The van der Waals surface area contributed by atoms with E-state index >= 15 is 0 Å². The minimum absolute atomic E-state index is 0.159. The van der Waals surface area contributed by atoms with Crippen LogP contribution in [0.25, 0.3) is 0 Å². The third kappa shape index (κ3) is 2.50. The van der Waals surface area contributed by atoms with Crippen LogP contribution in [-0.2, 0) is 9.53 Å². The highest BCUT2D eigenvalue weighted by molar-refractivity contribution is 7.99. The smallest absolute Gasteiger partial charge is 0.227 e. The molecule has 0 radical (unpaired) electrons. The Balaban J connectivity index is 1.86. The predicted molar refractivity (Wildman–Crippen MR) is 80.6 cm³/mol. The van der Waals surface area contributed by atoms with E-state index in [-0.39, 0.29) is 5.91 Å². The lowest BCUT2D eigenvalue weighted by Crippen LogP contribution is -2.26. The number of carbonyl (C=O) groups is 1. The number of pyridine rings is 1. The number of nitrogens with zero attached hydrogens (tertiary/aromatic N) is 3. The molecule has 108 valence electrons. The second-order valence-corrected chi connectivity index (χ2v) is 6.29. The standard InChI is InChI=1S/C14H19N3O2S/c1-16-11-8-15-13(17-5-3-10(9-17)19-2)7-12(11)20-6-4-14(16)18/h7-8,10H,3-6,9H2,1-2H3. The number of amides is 1. The molecule has 1 amide bonds. The summed E-state index contributed by atoms with van der Waals surface area (Å²) in [6, 6.07) is 2.10. The van der Waals surface area contributed by atoms with Gasteiger partial charge in [-0.3, -0.25) is 4.79 Å². The molecule has 1 atom stereocenters. The molecule has 0 saturated carbocycles. The summed E-state index contributed by atoms with van der Waals surface area (Å²) in [6.45, 7) is 1.87. The zero-order valence-electron chi connectivity index (χ0n) is 11.8. The molecule has 1 unspecified atom stereocenters. The highest BCUT2D eigenvalue weighted by Gasteiger charge is 2.25. The number of rotatable bonds is 2. The molecule has 0 aromatic carbocycles. The molecule has 1 fully saturated rings. The summed E-state index contributed by atoms with van der Waals surface area (Å²) < 4.78 is 5.40. The van der Waals surface area contributed by atoms with E-state index in [4.69, 9.17) is 4.74 Å². The molecule has 1 aromatic rings. The van der Waals surface area contributed by atoms with Crippen molar-refractivity contribution in [3.63, 3.8) is 0 Å². The van der Waals surface area contributed by atoms with E-state index in [0.29, 0.717) is 12.5 Å². The molecule has 1 aromatic heterocycles. The molecule has 2 aliphatic heterocycles. The Labute approximate surface area is 123 Å². The second-order valence-electron chi connectivity index (χ2n) is 5.15. The van der Waals surface area contributed by atoms with Crippen LogP contribution in [-0.4, -0.2) is 50.0 Å². The molecule has 6 heteroatoms. The van der Waals surface area contributed by atoms with Gasteiger partial charge in [-0.05, 0) is 12.5 Å². The van der Waals surface area contributed by atoms with Crippen molar-refractivity contribution in [2.45, 2.75) is 23.8 Å². The lowest BCUT2D eigenvalue weighted by atomic mass is 10.3. The van der Waals surface area contributed by atoms with Gasteiger partial charge in [-0.15, -0.1) is 11.8 Å². The Kier molecular flexibility index (Phi) is 3.85. The van der Waals surface area contributed by atoms with E-state index in [1.54, 1.807) is 23.8 Å². The summed E-state index contributed by atoms with van der Waals surface area (Å²) >= 11 is 1.74. The first-order valence-corrected chi connectivity index (χ1v) is 7.84. The van der Waals surface area contributed by atoms with Crippen LogP contribution in [0.4, 0.5) is 11.5 Å². The van der Waals surface area contributed by atoms with E-state index in [1.807, 2.05) is 13.2 Å². The number of methoxy groups -OCH3 is 1. The molecule has 0 bridgehead atoms. The molecule has 1 saturated heterocycles. The van der Waals surface area contributed by atoms with Crippen LogP contribution >= 0.6 is 11.8 Å². The summed E-state index contributed by atoms with van der Waals surface area (Å²) in [5, 5.41) is 0. The highest BCUT2D eigenvalue weighted by Crippen LogP contribution is 2.35. The van der Waals surface area contributed by atoms with Crippen molar-refractivity contribution in [2.75, 3.05) is 42.8 Å². The second kappa shape index (κ2) is 5.61. The van der Waals surface area contributed by atoms with Gasteiger partial charge >= 0.3 is 0 Å². The Hall–Kier alpha value is -1.27. The SMILES string of the molecule is COC1CCN(c2cc3c(cn2)N(C)C(=O)CCS3)C1. The summed E-state index contributed by atoms with van der Waals surface area (Å²) in [6.07, 6.45) is 3.75. The number of hydrogen-bond donors (Lipinski definition) is 0. The fraction of sp³-hybridized carbons (Fsp3) is 0.571. The zero-order chi connectivity index (χ0) is 14.1. The van der Waals surface area contributed by atoms with E-state index < -0.39 is 0 Å². The van der Waals surface area contributed by atoms with Gasteiger partial charge < -0.3 is 14.5 Å². The molecular formula is C14H19N3O2S. The van der Waals surface area contributed by atoms with Gasteiger partial charge in [0.05, 0.1) is 18.0 Å². The Morgan fingerprint density at radius 2 is 2.35 bits per heavy atom. The number of hydrogen-bond acceptors (Lipinski definition) is 5. The summed E-state index contributed by atoms with van der Waals surface area (Å²) in [5.74, 6) is 1.98. The van der Waals surface area contributed by atoms with Crippen molar-refractivity contribution in [3.8, 4) is 0 Å². The third-order valence-corrected chi connectivity index (χ3v) is 4.99. The minimum Gasteiger partial charge on any atom is -0.380 e. The van der Waals surface area contributed by atoms with Crippen LogP contribution in [0.1, 0.15) is 12.8 Å². The Morgan fingerprint density at radius 1 is 1.50 bits per heavy atom. The van der Waals surface area contributed by atoms with E-state index in [9.17, 15) is 4.79 Å². The number of thioether (sulfide) groups is 1. The number of carbonyl (C=O) groups excluding carboxylic acids is 1. The molecule has 3 rings (SSSR count). The van der Waals surface area contributed by atoms with Crippen LogP contribution < -0.4 is 9.80 Å². The van der Waals surface area contributed by atoms with Gasteiger partial charge in [-0.2, -0.15) is 0 Å². The van der Waals surface area contributed by atoms with Crippen molar-refractivity contribution < 1.29 is 9.53 Å². The van der Waals surface area contributed by atoms with E-state index in [1.165, 1.54) is 0 Å². The van der Waals surface area contributed by atoms with Gasteiger partial charge in [-0.1, -0.05) is 0 Å². The molecule has 3 heterocycles.